The van der Waals surface area contributed by atoms with Crippen LogP contribution in [0, 0.1) is 13.8 Å². The Morgan fingerprint density at radius 2 is 2.31 bits per heavy atom. The van der Waals surface area contributed by atoms with E-state index in [9.17, 15) is 4.79 Å². The zero-order valence-corrected chi connectivity index (χ0v) is 9.26. The minimum atomic E-state index is -0.120. The van der Waals surface area contributed by atoms with Gasteiger partial charge in [0.2, 0.25) is 5.91 Å². The molecule has 0 aliphatic heterocycles. The fraction of sp³-hybridized carbons (Fsp3) is 0.444. The molecule has 1 N–H and O–H groups in total. The van der Waals surface area contributed by atoms with Gasteiger partial charge in [0.25, 0.3) is 0 Å². The molecule has 0 aromatic carbocycles. The summed E-state index contributed by atoms with van der Waals surface area (Å²) in [5.41, 5.74) is 2.45. The van der Waals surface area contributed by atoms with Gasteiger partial charge in [-0.2, -0.15) is 0 Å². The van der Waals surface area contributed by atoms with Gasteiger partial charge in [0.05, 0.1) is 0 Å². The smallest absolute Gasteiger partial charge is 0.235 e. The molecule has 1 amide bonds. The summed E-state index contributed by atoms with van der Waals surface area (Å²) in [7, 11) is 0. The van der Waals surface area contributed by atoms with E-state index in [1.807, 2.05) is 0 Å². The molecule has 13 heavy (non-hydrogen) atoms. The van der Waals surface area contributed by atoms with Crippen molar-refractivity contribution in [3.05, 3.63) is 21.4 Å². The summed E-state index contributed by atoms with van der Waals surface area (Å²) in [6.07, 6.45) is 0. The highest BCUT2D eigenvalue weighted by Gasteiger charge is 2.04. The predicted octanol–water partition coefficient (Wildman–Crippen LogP) is 2.22. The lowest BCUT2D eigenvalue weighted by atomic mass is 10.2. The fourth-order valence-corrected chi connectivity index (χ4v) is 1.96. The summed E-state index contributed by atoms with van der Waals surface area (Å²) in [4.78, 5) is 12.2. The van der Waals surface area contributed by atoms with Crippen molar-refractivity contribution >= 4 is 28.8 Å². The van der Waals surface area contributed by atoms with Crippen molar-refractivity contribution in [2.24, 2.45) is 0 Å². The minimum Gasteiger partial charge on any atom is -0.351 e. The SMILES string of the molecule is Cc1scc(CNC(=O)CCl)c1C. The van der Waals surface area contributed by atoms with Crippen LogP contribution >= 0.6 is 22.9 Å². The van der Waals surface area contributed by atoms with Gasteiger partial charge in [-0.05, 0) is 30.4 Å². The van der Waals surface area contributed by atoms with Gasteiger partial charge >= 0.3 is 0 Å². The molecule has 0 aliphatic rings. The number of thiophene rings is 1. The van der Waals surface area contributed by atoms with Gasteiger partial charge in [0.1, 0.15) is 5.88 Å². The van der Waals surface area contributed by atoms with Crippen LogP contribution in [0.4, 0.5) is 0 Å². The Morgan fingerprint density at radius 1 is 1.62 bits per heavy atom. The minimum absolute atomic E-state index is 0.0299. The zero-order valence-electron chi connectivity index (χ0n) is 7.69. The first kappa shape index (κ1) is 10.5. The van der Waals surface area contributed by atoms with E-state index in [1.54, 1.807) is 11.3 Å². The third kappa shape index (κ3) is 2.71. The fourth-order valence-electron chi connectivity index (χ4n) is 0.978. The topological polar surface area (TPSA) is 29.1 Å². The average molecular weight is 218 g/mol. The molecule has 0 bridgehead atoms. The number of carbonyl (C=O) groups is 1. The van der Waals surface area contributed by atoms with Crippen LogP contribution in [0.2, 0.25) is 0 Å². The van der Waals surface area contributed by atoms with Crippen molar-refractivity contribution in [3.8, 4) is 0 Å². The first-order valence-electron chi connectivity index (χ1n) is 4.01. The number of halogens is 1. The Balaban J connectivity index is 2.55. The van der Waals surface area contributed by atoms with Crippen LogP contribution in [0.25, 0.3) is 0 Å². The third-order valence-electron chi connectivity index (χ3n) is 1.99. The van der Waals surface area contributed by atoms with Crippen LogP contribution < -0.4 is 5.32 Å². The molecule has 0 atom stereocenters. The van der Waals surface area contributed by atoms with Gasteiger partial charge < -0.3 is 5.32 Å². The molecule has 1 aromatic heterocycles. The largest absolute Gasteiger partial charge is 0.351 e. The highest BCUT2D eigenvalue weighted by molar-refractivity contribution is 7.10. The lowest BCUT2D eigenvalue weighted by molar-refractivity contribution is -0.118. The van der Waals surface area contributed by atoms with E-state index in [0.717, 1.165) is 0 Å². The Kier molecular flexibility index (Phi) is 3.75. The quantitative estimate of drug-likeness (QED) is 0.773. The molecule has 0 saturated carbocycles. The van der Waals surface area contributed by atoms with Gasteiger partial charge in [-0.15, -0.1) is 22.9 Å². The number of nitrogens with one attached hydrogen (secondary N) is 1. The predicted molar refractivity (Wildman–Crippen MR) is 56.4 cm³/mol. The normalized spacial score (nSPS) is 10.1. The lowest BCUT2D eigenvalue weighted by Crippen LogP contribution is -2.23. The number of aryl methyl sites for hydroxylation is 1. The number of rotatable bonds is 3. The van der Waals surface area contributed by atoms with Crippen LogP contribution in [0.15, 0.2) is 5.38 Å². The van der Waals surface area contributed by atoms with E-state index in [2.05, 4.69) is 24.5 Å². The van der Waals surface area contributed by atoms with Crippen molar-refractivity contribution in [2.45, 2.75) is 20.4 Å². The first-order valence-corrected chi connectivity index (χ1v) is 5.42. The number of alkyl halides is 1. The summed E-state index contributed by atoms with van der Waals surface area (Å²) in [6.45, 7) is 4.72. The molecule has 0 saturated heterocycles. The monoisotopic (exact) mass is 217 g/mol. The second-order valence-electron chi connectivity index (χ2n) is 2.85. The van der Waals surface area contributed by atoms with Gasteiger partial charge in [-0.3, -0.25) is 4.79 Å². The van der Waals surface area contributed by atoms with Gasteiger partial charge in [0, 0.05) is 11.4 Å². The molecular weight excluding hydrogens is 206 g/mol. The van der Waals surface area contributed by atoms with E-state index in [0.29, 0.717) is 6.54 Å². The lowest BCUT2D eigenvalue weighted by Gasteiger charge is -2.02. The maximum Gasteiger partial charge on any atom is 0.235 e. The van der Waals surface area contributed by atoms with Gasteiger partial charge in [-0.25, -0.2) is 0 Å². The molecule has 0 radical (unpaired) electrons. The molecule has 2 nitrogen and oxygen atoms in total. The van der Waals surface area contributed by atoms with Gasteiger partial charge in [0.15, 0.2) is 0 Å². The van der Waals surface area contributed by atoms with E-state index in [1.165, 1.54) is 16.0 Å². The Bertz CT molecular complexity index is 309. The van der Waals surface area contributed by atoms with E-state index in [-0.39, 0.29) is 11.8 Å². The molecule has 72 valence electrons. The van der Waals surface area contributed by atoms with Crippen LogP contribution in [-0.4, -0.2) is 11.8 Å². The van der Waals surface area contributed by atoms with Crippen molar-refractivity contribution in [2.75, 3.05) is 5.88 Å². The number of hydrogen-bond donors (Lipinski definition) is 1. The average Bonchev–Trinajstić information content (AvgIpc) is 2.44. The maximum absolute atomic E-state index is 10.9. The molecular formula is C9H12ClNOS. The van der Waals surface area contributed by atoms with E-state index >= 15 is 0 Å². The van der Waals surface area contributed by atoms with E-state index in [4.69, 9.17) is 11.6 Å². The zero-order chi connectivity index (χ0) is 9.84. The standard InChI is InChI=1S/C9H12ClNOS/c1-6-7(2)13-5-8(6)4-11-9(12)3-10/h5H,3-4H2,1-2H3,(H,11,12). The maximum atomic E-state index is 10.9. The molecule has 4 heteroatoms. The molecule has 0 spiro atoms. The third-order valence-corrected chi connectivity index (χ3v) is 3.29. The highest BCUT2D eigenvalue weighted by Crippen LogP contribution is 2.19. The van der Waals surface area contributed by atoms with Crippen LogP contribution in [0.5, 0.6) is 0 Å². The van der Waals surface area contributed by atoms with Crippen molar-refractivity contribution < 1.29 is 4.79 Å². The summed E-state index contributed by atoms with van der Waals surface area (Å²) in [5.74, 6) is -0.0905. The van der Waals surface area contributed by atoms with E-state index < -0.39 is 0 Å². The molecule has 1 heterocycles. The number of amides is 1. The number of hydrogen-bond acceptors (Lipinski definition) is 2. The molecule has 0 unspecified atom stereocenters. The summed E-state index contributed by atoms with van der Waals surface area (Å²) in [5, 5.41) is 4.81. The summed E-state index contributed by atoms with van der Waals surface area (Å²) >= 11 is 7.06. The Morgan fingerprint density at radius 3 is 2.77 bits per heavy atom. The van der Waals surface area contributed by atoms with Crippen molar-refractivity contribution in [1.29, 1.82) is 0 Å². The Hall–Kier alpha value is -0.540. The van der Waals surface area contributed by atoms with Crippen molar-refractivity contribution in [3.63, 3.8) is 0 Å². The van der Waals surface area contributed by atoms with Crippen LogP contribution in [0.3, 0.4) is 0 Å². The highest BCUT2D eigenvalue weighted by atomic mass is 35.5. The van der Waals surface area contributed by atoms with Crippen LogP contribution in [-0.2, 0) is 11.3 Å². The van der Waals surface area contributed by atoms with Crippen LogP contribution in [0.1, 0.15) is 16.0 Å². The molecule has 0 aliphatic carbocycles. The summed E-state index contributed by atoms with van der Waals surface area (Å²) < 4.78 is 0. The molecule has 1 aromatic rings. The molecule has 1 rings (SSSR count). The number of carbonyl (C=O) groups excluding carboxylic acids is 1. The van der Waals surface area contributed by atoms with Crippen molar-refractivity contribution in [1.82, 2.24) is 5.32 Å². The Labute approximate surface area is 86.9 Å². The second kappa shape index (κ2) is 4.63. The first-order chi connectivity index (χ1) is 6.15. The van der Waals surface area contributed by atoms with Gasteiger partial charge in [-0.1, -0.05) is 0 Å². The molecule has 0 fully saturated rings. The second-order valence-corrected chi connectivity index (χ2v) is 4.20. The summed E-state index contributed by atoms with van der Waals surface area (Å²) in [6, 6.07) is 0.